The standard InChI is InChI=1S/C15H15NOS2/c1-4-7-16-14(17)13(19-15(16)18)9-12-6-5-10(2)8-11(12)3/h4-6,8-9H,1,7H2,2-3H3. The first-order valence-corrected chi connectivity index (χ1v) is 7.19. The van der Waals surface area contributed by atoms with Gasteiger partial charge in [-0.1, -0.05) is 53.8 Å². The molecule has 0 atom stereocenters. The number of rotatable bonds is 3. The van der Waals surface area contributed by atoms with Crippen LogP contribution in [0.3, 0.4) is 0 Å². The summed E-state index contributed by atoms with van der Waals surface area (Å²) in [5.41, 5.74) is 3.44. The van der Waals surface area contributed by atoms with Crippen molar-refractivity contribution in [3.8, 4) is 0 Å². The number of hydrogen-bond donors (Lipinski definition) is 0. The van der Waals surface area contributed by atoms with E-state index in [9.17, 15) is 4.79 Å². The second-order valence-corrected chi connectivity index (χ2v) is 6.12. The highest BCUT2D eigenvalue weighted by Crippen LogP contribution is 2.32. The van der Waals surface area contributed by atoms with Crippen molar-refractivity contribution >= 4 is 40.3 Å². The van der Waals surface area contributed by atoms with Crippen molar-refractivity contribution in [3.63, 3.8) is 0 Å². The number of nitrogens with zero attached hydrogens (tertiary/aromatic N) is 1. The van der Waals surface area contributed by atoms with Gasteiger partial charge in [0.25, 0.3) is 5.91 Å². The van der Waals surface area contributed by atoms with Crippen LogP contribution in [0.4, 0.5) is 0 Å². The van der Waals surface area contributed by atoms with Crippen molar-refractivity contribution in [1.82, 2.24) is 4.90 Å². The van der Waals surface area contributed by atoms with Gasteiger partial charge in [0.15, 0.2) is 0 Å². The first-order valence-electron chi connectivity index (χ1n) is 5.96. The fourth-order valence-electron chi connectivity index (χ4n) is 1.92. The Morgan fingerprint density at radius 1 is 1.42 bits per heavy atom. The monoisotopic (exact) mass is 289 g/mol. The average Bonchev–Trinajstić information content (AvgIpc) is 2.61. The summed E-state index contributed by atoms with van der Waals surface area (Å²) < 4.78 is 0.598. The smallest absolute Gasteiger partial charge is 0.266 e. The number of hydrogen-bond acceptors (Lipinski definition) is 3. The van der Waals surface area contributed by atoms with E-state index in [1.165, 1.54) is 17.3 Å². The van der Waals surface area contributed by atoms with Crippen molar-refractivity contribution in [3.05, 3.63) is 52.4 Å². The zero-order chi connectivity index (χ0) is 14.0. The van der Waals surface area contributed by atoms with Crippen molar-refractivity contribution in [2.45, 2.75) is 13.8 Å². The normalized spacial score (nSPS) is 17.4. The van der Waals surface area contributed by atoms with Gasteiger partial charge in [-0.25, -0.2) is 0 Å². The molecule has 1 fully saturated rings. The van der Waals surface area contributed by atoms with E-state index < -0.39 is 0 Å². The molecule has 0 bridgehead atoms. The van der Waals surface area contributed by atoms with Crippen LogP contribution in [0, 0.1) is 13.8 Å². The van der Waals surface area contributed by atoms with Gasteiger partial charge in [0.2, 0.25) is 0 Å². The lowest BCUT2D eigenvalue weighted by Gasteiger charge is -2.10. The first kappa shape index (κ1) is 14.0. The predicted molar refractivity (Wildman–Crippen MR) is 86.0 cm³/mol. The third kappa shape index (κ3) is 2.96. The highest BCUT2D eigenvalue weighted by molar-refractivity contribution is 8.26. The Hall–Kier alpha value is -1.39. The summed E-state index contributed by atoms with van der Waals surface area (Å²) in [4.78, 5) is 14.4. The van der Waals surface area contributed by atoms with Crippen molar-refractivity contribution in [2.75, 3.05) is 6.54 Å². The van der Waals surface area contributed by atoms with E-state index in [4.69, 9.17) is 12.2 Å². The van der Waals surface area contributed by atoms with Crippen LogP contribution >= 0.6 is 24.0 Å². The summed E-state index contributed by atoms with van der Waals surface area (Å²) >= 11 is 6.56. The minimum Gasteiger partial charge on any atom is -0.289 e. The van der Waals surface area contributed by atoms with E-state index in [0.717, 1.165) is 11.1 Å². The maximum absolute atomic E-state index is 12.2. The number of benzene rings is 1. The SMILES string of the molecule is C=CCN1C(=O)C(=Cc2ccc(C)cc2C)SC1=S. The molecule has 2 rings (SSSR count). The lowest BCUT2D eigenvalue weighted by atomic mass is 10.1. The van der Waals surface area contributed by atoms with Crippen LogP contribution in [0.5, 0.6) is 0 Å². The Bertz CT molecular complexity index is 590. The van der Waals surface area contributed by atoms with Gasteiger partial charge < -0.3 is 0 Å². The third-order valence-corrected chi connectivity index (χ3v) is 4.27. The topological polar surface area (TPSA) is 20.3 Å². The largest absolute Gasteiger partial charge is 0.289 e. The summed E-state index contributed by atoms with van der Waals surface area (Å²) in [6.45, 7) is 8.21. The second kappa shape index (κ2) is 5.72. The van der Waals surface area contributed by atoms with Crippen LogP contribution in [0.15, 0.2) is 35.8 Å². The van der Waals surface area contributed by atoms with E-state index >= 15 is 0 Å². The molecule has 0 saturated carbocycles. The molecule has 98 valence electrons. The van der Waals surface area contributed by atoms with Gasteiger partial charge in [-0.15, -0.1) is 6.58 Å². The molecule has 0 N–H and O–H groups in total. The number of thiocarbonyl (C=S) groups is 1. The summed E-state index contributed by atoms with van der Waals surface area (Å²) in [7, 11) is 0. The van der Waals surface area contributed by atoms with Crippen molar-refractivity contribution < 1.29 is 4.79 Å². The molecule has 1 aromatic carbocycles. The molecule has 1 aliphatic rings. The highest BCUT2D eigenvalue weighted by atomic mass is 32.2. The van der Waals surface area contributed by atoms with Crippen LogP contribution in [0.2, 0.25) is 0 Å². The van der Waals surface area contributed by atoms with Gasteiger partial charge in [0.1, 0.15) is 4.32 Å². The molecule has 4 heteroatoms. The van der Waals surface area contributed by atoms with Gasteiger partial charge in [-0.3, -0.25) is 9.69 Å². The predicted octanol–water partition coefficient (Wildman–Crippen LogP) is 3.69. The number of thioether (sulfide) groups is 1. The van der Waals surface area contributed by atoms with E-state index in [1.807, 2.05) is 25.1 Å². The molecule has 0 aliphatic carbocycles. The van der Waals surface area contributed by atoms with Crippen LogP contribution in [-0.4, -0.2) is 21.7 Å². The molecule has 0 spiro atoms. The molecule has 1 saturated heterocycles. The summed E-state index contributed by atoms with van der Waals surface area (Å²) in [5, 5.41) is 0. The van der Waals surface area contributed by atoms with E-state index in [-0.39, 0.29) is 5.91 Å². The Morgan fingerprint density at radius 3 is 2.79 bits per heavy atom. The van der Waals surface area contributed by atoms with Crippen LogP contribution in [0.25, 0.3) is 6.08 Å². The zero-order valence-corrected chi connectivity index (χ0v) is 12.6. The Balaban J connectivity index is 2.32. The molecule has 1 heterocycles. The van der Waals surface area contributed by atoms with Crippen LogP contribution in [0.1, 0.15) is 16.7 Å². The number of aryl methyl sites for hydroxylation is 2. The zero-order valence-electron chi connectivity index (χ0n) is 11.0. The third-order valence-electron chi connectivity index (χ3n) is 2.90. The summed E-state index contributed by atoms with van der Waals surface area (Å²) in [5.74, 6) is -0.0325. The van der Waals surface area contributed by atoms with E-state index in [1.54, 1.807) is 11.0 Å². The number of carbonyl (C=O) groups is 1. The Morgan fingerprint density at radius 2 is 2.16 bits per heavy atom. The Labute approximate surface area is 123 Å². The Kier molecular flexibility index (Phi) is 4.22. The molecule has 0 unspecified atom stereocenters. The molecular formula is C15H15NOS2. The van der Waals surface area contributed by atoms with Crippen LogP contribution in [-0.2, 0) is 4.79 Å². The number of carbonyl (C=O) groups excluding carboxylic acids is 1. The lowest BCUT2D eigenvalue weighted by molar-refractivity contribution is -0.121. The molecule has 1 amide bonds. The molecule has 1 aromatic rings. The summed E-state index contributed by atoms with van der Waals surface area (Å²) in [6.07, 6.45) is 3.60. The van der Waals surface area contributed by atoms with E-state index in [0.29, 0.717) is 15.8 Å². The number of amides is 1. The molecule has 19 heavy (non-hydrogen) atoms. The minimum atomic E-state index is -0.0325. The maximum atomic E-state index is 12.2. The maximum Gasteiger partial charge on any atom is 0.266 e. The average molecular weight is 289 g/mol. The lowest BCUT2D eigenvalue weighted by Crippen LogP contribution is -2.27. The van der Waals surface area contributed by atoms with Crippen molar-refractivity contribution in [2.24, 2.45) is 0 Å². The van der Waals surface area contributed by atoms with E-state index in [2.05, 4.69) is 19.6 Å². The molecule has 2 nitrogen and oxygen atoms in total. The summed E-state index contributed by atoms with van der Waals surface area (Å²) in [6, 6.07) is 6.18. The second-order valence-electron chi connectivity index (χ2n) is 4.44. The fraction of sp³-hybridized carbons (Fsp3) is 0.200. The molecule has 0 aromatic heterocycles. The highest BCUT2D eigenvalue weighted by Gasteiger charge is 2.30. The first-order chi connectivity index (χ1) is 9.02. The molecule has 0 radical (unpaired) electrons. The molecular weight excluding hydrogens is 274 g/mol. The fourth-order valence-corrected chi connectivity index (χ4v) is 3.18. The molecule has 1 aliphatic heterocycles. The minimum absolute atomic E-state index is 0.0325. The quantitative estimate of drug-likeness (QED) is 0.481. The van der Waals surface area contributed by atoms with Gasteiger partial charge in [-0.2, -0.15) is 0 Å². The van der Waals surface area contributed by atoms with Crippen LogP contribution < -0.4 is 0 Å². The van der Waals surface area contributed by atoms with Crippen molar-refractivity contribution in [1.29, 1.82) is 0 Å². The van der Waals surface area contributed by atoms with Gasteiger partial charge in [0, 0.05) is 6.54 Å². The van der Waals surface area contributed by atoms with Gasteiger partial charge in [-0.05, 0) is 31.1 Å². The van der Waals surface area contributed by atoms with Gasteiger partial charge in [0.05, 0.1) is 4.91 Å². The van der Waals surface area contributed by atoms with Gasteiger partial charge >= 0.3 is 0 Å².